The van der Waals surface area contributed by atoms with Crippen molar-refractivity contribution in [2.75, 3.05) is 19.0 Å². The summed E-state index contributed by atoms with van der Waals surface area (Å²) in [6, 6.07) is 8.46. The first kappa shape index (κ1) is 14.4. The average molecular weight is 246 g/mol. The maximum atomic E-state index is 8.95. The number of hydrogen-bond donors (Lipinski definition) is 1. The van der Waals surface area contributed by atoms with Crippen molar-refractivity contribution >= 4 is 5.69 Å². The van der Waals surface area contributed by atoms with Crippen LogP contribution in [0.2, 0.25) is 0 Å². The minimum atomic E-state index is 0.0393. The Morgan fingerprint density at radius 3 is 2.61 bits per heavy atom. The van der Waals surface area contributed by atoms with E-state index in [1.807, 2.05) is 13.0 Å². The van der Waals surface area contributed by atoms with Crippen molar-refractivity contribution < 1.29 is 4.74 Å². The highest BCUT2D eigenvalue weighted by molar-refractivity contribution is 5.58. The van der Waals surface area contributed by atoms with Gasteiger partial charge < -0.3 is 10.1 Å². The number of benzene rings is 1. The van der Waals surface area contributed by atoms with E-state index in [1.54, 1.807) is 7.11 Å². The van der Waals surface area contributed by atoms with Crippen molar-refractivity contribution in [2.45, 2.75) is 33.1 Å². The molecule has 0 aliphatic heterocycles. The highest BCUT2D eigenvalue weighted by Crippen LogP contribution is 2.28. The minimum Gasteiger partial charge on any atom is -0.495 e. The molecular weight excluding hydrogens is 224 g/mol. The second kappa shape index (κ2) is 6.90. The molecule has 0 saturated carbocycles. The first-order valence-corrected chi connectivity index (χ1v) is 6.43. The summed E-state index contributed by atoms with van der Waals surface area (Å²) in [6.07, 6.45) is 0.857. The van der Waals surface area contributed by atoms with E-state index in [-0.39, 0.29) is 5.92 Å². The molecule has 1 N–H and O–H groups in total. The van der Waals surface area contributed by atoms with E-state index in [0.717, 1.165) is 17.9 Å². The van der Waals surface area contributed by atoms with Crippen molar-refractivity contribution in [3.8, 4) is 11.8 Å². The lowest BCUT2D eigenvalue weighted by atomic mass is 10.0. The number of rotatable bonds is 6. The average Bonchev–Trinajstić information content (AvgIpc) is 2.39. The van der Waals surface area contributed by atoms with Gasteiger partial charge in [0, 0.05) is 6.54 Å². The summed E-state index contributed by atoms with van der Waals surface area (Å²) in [4.78, 5) is 0. The second-order valence-corrected chi connectivity index (χ2v) is 4.73. The van der Waals surface area contributed by atoms with E-state index in [1.165, 1.54) is 5.56 Å². The molecule has 18 heavy (non-hydrogen) atoms. The quantitative estimate of drug-likeness (QED) is 0.830. The van der Waals surface area contributed by atoms with Gasteiger partial charge in [-0.3, -0.25) is 0 Å². The normalized spacial score (nSPS) is 12.0. The zero-order valence-electron chi connectivity index (χ0n) is 11.7. The van der Waals surface area contributed by atoms with Crippen LogP contribution in [0.4, 0.5) is 5.69 Å². The Kier molecular flexibility index (Phi) is 5.51. The van der Waals surface area contributed by atoms with Crippen LogP contribution in [0, 0.1) is 17.2 Å². The van der Waals surface area contributed by atoms with E-state index in [0.29, 0.717) is 12.5 Å². The predicted molar refractivity (Wildman–Crippen MR) is 75.0 cm³/mol. The molecule has 0 fully saturated rings. The molecule has 0 amide bonds. The van der Waals surface area contributed by atoms with Gasteiger partial charge in [-0.05, 0) is 30.0 Å². The third-order valence-corrected chi connectivity index (χ3v) is 3.10. The van der Waals surface area contributed by atoms with Crippen LogP contribution in [0.3, 0.4) is 0 Å². The van der Waals surface area contributed by atoms with Gasteiger partial charge in [-0.1, -0.05) is 26.8 Å². The maximum absolute atomic E-state index is 8.95. The van der Waals surface area contributed by atoms with Gasteiger partial charge in [0.2, 0.25) is 0 Å². The van der Waals surface area contributed by atoms with Crippen LogP contribution >= 0.6 is 0 Å². The molecule has 1 unspecified atom stereocenters. The SMILES string of the molecule is CCC(C#N)CNc1cc(C(C)C)ccc1OC. The van der Waals surface area contributed by atoms with E-state index in [2.05, 4.69) is 37.4 Å². The van der Waals surface area contributed by atoms with Gasteiger partial charge in [-0.2, -0.15) is 5.26 Å². The van der Waals surface area contributed by atoms with Crippen molar-refractivity contribution in [3.63, 3.8) is 0 Å². The lowest BCUT2D eigenvalue weighted by molar-refractivity contribution is 0.416. The maximum Gasteiger partial charge on any atom is 0.141 e. The highest BCUT2D eigenvalue weighted by Gasteiger charge is 2.09. The standard InChI is InChI=1S/C15H22N2O/c1-5-12(9-16)10-17-14-8-13(11(2)3)6-7-15(14)18-4/h6-8,11-12,17H,5,10H2,1-4H3. The lowest BCUT2D eigenvalue weighted by Crippen LogP contribution is -2.12. The van der Waals surface area contributed by atoms with E-state index >= 15 is 0 Å². The Morgan fingerprint density at radius 2 is 2.11 bits per heavy atom. The Balaban J connectivity index is 2.85. The van der Waals surface area contributed by atoms with Crippen molar-refractivity contribution in [2.24, 2.45) is 5.92 Å². The fourth-order valence-electron chi connectivity index (χ4n) is 1.74. The number of nitrogens with zero attached hydrogens (tertiary/aromatic N) is 1. The molecule has 0 heterocycles. The monoisotopic (exact) mass is 246 g/mol. The van der Waals surface area contributed by atoms with Gasteiger partial charge in [0.15, 0.2) is 0 Å². The van der Waals surface area contributed by atoms with Crippen LogP contribution in [0.25, 0.3) is 0 Å². The second-order valence-electron chi connectivity index (χ2n) is 4.73. The van der Waals surface area contributed by atoms with E-state index in [9.17, 15) is 0 Å². The smallest absolute Gasteiger partial charge is 0.141 e. The molecule has 98 valence electrons. The molecule has 3 nitrogen and oxygen atoms in total. The summed E-state index contributed by atoms with van der Waals surface area (Å²) in [6.45, 7) is 7.01. The number of methoxy groups -OCH3 is 1. The molecule has 0 spiro atoms. The lowest BCUT2D eigenvalue weighted by Gasteiger charge is -2.15. The van der Waals surface area contributed by atoms with Gasteiger partial charge in [-0.15, -0.1) is 0 Å². The summed E-state index contributed by atoms with van der Waals surface area (Å²) >= 11 is 0. The molecule has 1 aromatic carbocycles. The van der Waals surface area contributed by atoms with Crippen LogP contribution in [0.5, 0.6) is 5.75 Å². The zero-order valence-corrected chi connectivity index (χ0v) is 11.7. The van der Waals surface area contributed by atoms with Gasteiger partial charge >= 0.3 is 0 Å². The molecule has 0 aliphatic carbocycles. The molecule has 0 saturated heterocycles. The topological polar surface area (TPSA) is 45.0 Å². The van der Waals surface area contributed by atoms with Crippen LogP contribution in [-0.4, -0.2) is 13.7 Å². The van der Waals surface area contributed by atoms with Gasteiger partial charge in [0.05, 0.1) is 24.8 Å². The largest absolute Gasteiger partial charge is 0.495 e. The van der Waals surface area contributed by atoms with Crippen molar-refractivity contribution in [1.82, 2.24) is 0 Å². The van der Waals surface area contributed by atoms with Crippen LogP contribution in [0.1, 0.15) is 38.7 Å². The highest BCUT2D eigenvalue weighted by atomic mass is 16.5. The number of hydrogen-bond acceptors (Lipinski definition) is 3. The van der Waals surface area contributed by atoms with Gasteiger partial charge in [-0.25, -0.2) is 0 Å². The minimum absolute atomic E-state index is 0.0393. The summed E-state index contributed by atoms with van der Waals surface area (Å²) in [5.41, 5.74) is 2.24. The number of ether oxygens (including phenoxy) is 1. The Labute approximate surface area is 110 Å². The Morgan fingerprint density at radius 1 is 1.39 bits per heavy atom. The molecular formula is C15H22N2O. The molecule has 0 bridgehead atoms. The Hall–Kier alpha value is -1.69. The molecule has 1 aromatic rings. The van der Waals surface area contributed by atoms with E-state index < -0.39 is 0 Å². The van der Waals surface area contributed by atoms with Crippen LogP contribution in [-0.2, 0) is 0 Å². The molecule has 1 atom stereocenters. The van der Waals surface area contributed by atoms with Crippen LogP contribution in [0.15, 0.2) is 18.2 Å². The zero-order chi connectivity index (χ0) is 13.5. The number of nitriles is 1. The molecule has 3 heteroatoms. The third-order valence-electron chi connectivity index (χ3n) is 3.10. The third kappa shape index (κ3) is 3.66. The summed E-state index contributed by atoms with van der Waals surface area (Å²) in [7, 11) is 1.66. The Bertz CT molecular complexity index is 421. The first-order valence-electron chi connectivity index (χ1n) is 6.43. The molecule has 0 radical (unpaired) electrons. The fourth-order valence-corrected chi connectivity index (χ4v) is 1.74. The van der Waals surface area contributed by atoms with Gasteiger partial charge in [0.1, 0.15) is 5.75 Å². The molecule has 0 aromatic heterocycles. The summed E-state index contributed by atoms with van der Waals surface area (Å²) < 4.78 is 5.33. The predicted octanol–water partition coefficient (Wildman–Crippen LogP) is 3.78. The summed E-state index contributed by atoms with van der Waals surface area (Å²) in [5, 5.41) is 12.3. The first-order chi connectivity index (χ1) is 8.62. The number of nitrogens with one attached hydrogen (secondary N) is 1. The van der Waals surface area contributed by atoms with Crippen molar-refractivity contribution in [3.05, 3.63) is 23.8 Å². The number of anilines is 1. The van der Waals surface area contributed by atoms with Crippen molar-refractivity contribution in [1.29, 1.82) is 5.26 Å². The molecule has 0 aliphatic rings. The summed E-state index contributed by atoms with van der Waals surface area (Å²) in [5.74, 6) is 1.35. The van der Waals surface area contributed by atoms with Crippen LogP contribution < -0.4 is 10.1 Å². The fraction of sp³-hybridized carbons (Fsp3) is 0.533. The molecule has 1 rings (SSSR count). The van der Waals surface area contributed by atoms with Gasteiger partial charge in [0.25, 0.3) is 0 Å². The van der Waals surface area contributed by atoms with E-state index in [4.69, 9.17) is 10.00 Å².